The second-order valence-electron chi connectivity index (χ2n) is 5.53. The highest BCUT2D eigenvalue weighted by molar-refractivity contribution is 7.98. The van der Waals surface area contributed by atoms with Gasteiger partial charge in [-0.25, -0.2) is 0 Å². The Labute approximate surface area is 131 Å². The molecule has 1 saturated carbocycles. The number of nitrogens with two attached hydrogens (primary N) is 1. The minimum Gasteiger partial charge on any atom is -0.389 e. The van der Waals surface area contributed by atoms with E-state index in [-0.39, 0.29) is 0 Å². The first-order chi connectivity index (χ1) is 9.65. The molecule has 0 spiro atoms. The summed E-state index contributed by atoms with van der Waals surface area (Å²) in [6.45, 7) is 2.29. The average Bonchev–Trinajstić information content (AvgIpc) is 2.46. The van der Waals surface area contributed by atoms with Gasteiger partial charge in [-0.1, -0.05) is 44.5 Å². The van der Waals surface area contributed by atoms with E-state index in [1.54, 1.807) is 11.8 Å². The van der Waals surface area contributed by atoms with Crippen LogP contribution in [0.2, 0.25) is 0 Å². The van der Waals surface area contributed by atoms with Crippen LogP contribution in [-0.4, -0.2) is 17.3 Å². The lowest BCUT2D eigenvalue weighted by Crippen LogP contribution is -2.28. The van der Waals surface area contributed by atoms with Gasteiger partial charge in [0.15, 0.2) is 0 Å². The molecule has 1 aromatic carbocycles. The molecule has 2 rings (SSSR count). The predicted octanol–water partition coefficient (Wildman–Crippen LogP) is 4.42. The van der Waals surface area contributed by atoms with E-state index in [2.05, 4.69) is 36.7 Å². The normalized spacial score (nSPS) is 22.5. The van der Waals surface area contributed by atoms with Gasteiger partial charge < -0.3 is 11.1 Å². The minimum absolute atomic E-state index is 0.486. The summed E-state index contributed by atoms with van der Waals surface area (Å²) in [6.07, 6.45) is 8.55. The van der Waals surface area contributed by atoms with Gasteiger partial charge >= 0.3 is 0 Å². The molecule has 110 valence electrons. The van der Waals surface area contributed by atoms with Crippen LogP contribution in [0.4, 0.5) is 5.69 Å². The lowest BCUT2D eigenvalue weighted by atomic mass is 9.84. The highest BCUT2D eigenvalue weighted by atomic mass is 32.2. The number of benzene rings is 1. The van der Waals surface area contributed by atoms with Gasteiger partial charge in [-0.2, -0.15) is 0 Å². The van der Waals surface area contributed by atoms with Crippen LogP contribution >= 0.6 is 24.0 Å². The molecule has 2 unspecified atom stereocenters. The van der Waals surface area contributed by atoms with Crippen LogP contribution in [-0.2, 0) is 0 Å². The Morgan fingerprint density at radius 2 is 2.25 bits per heavy atom. The molecule has 1 aliphatic carbocycles. The van der Waals surface area contributed by atoms with Crippen molar-refractivity contribution in [2.75, 3.05) is 11.6 Å². The van der Waals surface area contributed by atoms with Crippen molar-refractivity contribution in [1.29, 1.82) is 0 Å². The molecule has 0 heterocycles. The molecule has 3 N–H and O–H groups in total. The Morgan fingerprint density at radius 1 is 1.45 bits per heavy atom. The predicted molar refractivity (Wildman–Crippen MR) is 93.8 cm³/mol. The summed E-state index contributed by atoms with van der Waals surface area (Å²) in [7, 11) is 0. The van der Waals surface area contributed by atoms with Crippen molar-refractivity contribution in [3.63, 3.8) is 0 Å². The molecule has 0 bridgehead atoms. The number of rotatable bonds is 5. The van der Waals surface area contributed by atoms with E-state index in [4.69, 9.17) is 18.0 Å². The van der Waals surface area contributed by atoms with Crippen LogP contribution in [0.15, 0.2) is 23.1 Å². The molecule has 4 heteroatoms. The van der Waals surface area contributed by atoms with Gasteiger partial charge in [-0.05, 0) is 37.1 Å². The molecule has 0 radical (unpaired) electrons. The molecule has 1 fully saturated rings. The third-order valence-electron chi connectivity index (χ3n) is 4.21. The van der Waals surface area contributed by atoms with Gasteiger partial charge in [0.2, 0.25) is 0 Å². The van der Waals surface area contributed by atoms with E-state index >= 15 is 0 Å². The van der Waals surface area contributed by atoms with Gasteiger partial charge in [-0.3, -0.25) is 0 Å². The number of nitrogens with one attached hydrogen (secondary N) is 1. The highest BCUT2D eigenvalue weighted by Gasteiger charge is 2.22. The smallest absolute Gasteiger partial charge is 0.107 e. The van der Waals surface area contributed by atoms with Gasteiger partial charge in [-0.15, -0.1) is 11.8 Å². The first-order valence-corrected chi connectivity index (χ1v) is 9.02. The lowest BCUT2D eigenvalue weighted by Gasteiger charge is -2.30. The van der Waals surface area contributed by atoms with Crippen molar-refractivity contribution >= 4 is 34.7 Å². The van der Waals surface area contributed by atoms with Crippen LogP contribution in [0.3, 0.4) is 0 Å². The van der Waals surface area contributed by atoms with E-state index in [0.717, 1.165) is 22.1 Å². The van der Waals surface area contributed by atoms with Gasteiger partial charge in [0.05, 0.1) is 0 Å². The standard InChI is InChI=1S/C16H24N2S2/c1-3-11-6-4-7-12(10-11)18-13-8-5-9-14(20-2)15(13)16(17)19/h5,8-9,11-12,18H,3-4,6-7,10H2,1-2H3,(H2,17,19). The summed E-state index contributed by atoms with van der Waals surface area (Å²) in [6, 6.07) is 6.82. The maximum absolute atomic E-state index is 5.93. The average molecular weight is 309 g/mol. The molecule has 2 nitrogen and oxygen atoms in total. The fourth-order valence-electron chi connectivity index (χ4n) is 3.09. The third kappa shape index (κ3) is 3.67. The summed E-state index contributed by atoms with van der Waals surface area (Å²) >= 11 is 6.94. The number of hydrogen-bond donors (Lipinski definition) is 2. The summed E-state index contributed by atoms with van der Waals surface area (Å²) in [4.78, 5) is 1.64. The Kier molecular flexibility index (Phi) is 5.73. The summed E-state index contributed by atoms with van der Waals surface area (Å²) in [5.74, 6) is 0.860. The number of anilines is 1. The largest absolute Gasteiger partial charge is 0.389 e. The van der Waals surface area contributed by atoms with E-state index in [1.165, 1.54) is 32.1 Å². The molecule has 1 aliphatic rings. The van der Waals surface area contributed by atoms with E-state index in [0.29, 0.717) is 11.0 Å². The SMILES string of the molecule is CCC1CCCC(Nc2cccc(SC)c2C(N)=S)C1. The molecule has 0 amide bonds. The van der Waals surface area contributed by atoms with Crippen molar-refractivity contribution in [3.05, 3.63) is 23.8 Å². The molecule has 20 heavy (non-hydrogen) atoms. The first kappa shape index (κ1) is 15.6. The second kappa shape index (κ2) is 7.32. The molecule has 1 aromatic rings. The van der Waals surface area contributed by atoms with Crippen LogP contribution in [0.25, 0.3) is 0 Å². The molecule has 2 atom stereocenters. The van der Waals surface area contributed by atoms with Gasteiger partial charge in [0.1, 0.15) is 4.99 Å². The first-order valence-electron chi connectivity index (χ1n) is 7.39. The maximum atomic E-state index is 5.93. The number of thiocarbonyl (C=S) groups is 1. The van der Waals surface area contributed by atoms with Gasteiger partial charge in [0.25, 0.3) is 0 Å². The molecular weight excluding hydrogens is 284 g/mol. The van der Waals surface area contributed by atoms with Crippen molar-refractivity contribution < 1.29 is 0 Å². The fourth-order valence-corrected chi connectivity index (χ4v) is 4.01. The topological polar surface area (TPSA) is 38.0 Å². The van der Waals surface area contributed by atoms with E-state index in [9.17, 15) is 0 Å². The summed E-state index contributed by atoms with van der Waals surface area (Å²) in [5, 5.41) is 3.69. The van der Waals surface area contributed by atoms with Crippen LogP contribution in [0.5, 0.6) is 0 Å². The maximum Gasteiger partial charge on any atom is 0.107 e. The highest BCUT2D eigenvalue weighted by Crippen LogP contribution is 2.32. The minimum atomic E-state index is 0.486. The zero-order chi connectivity index (χ0) is 14.5. The molecular formula is C16H24N2S2. The Hall–Kier alpha value is -0.740. The summed E-state index contributed by atoms with van der Waals surface area (Å²) < 4.78 is 0. The molecule has 0 saturated heterocycles. The van der Waals surface area contributed by atoms with E-state index in [1.807, 2.05) is 0 Å². The zero-order valence-corrected chi connectivity index (χ0v) is 13.9. The number of thioether (sulfide) groups is 1. The number of hydrogen-bond acceptors (Lipinski definition) is 3. The van der Waals surface area contributed by atoms with Crippen molar-refractivity contribution in [3.8, 4) is 0 Å². The quantitative estimate of drug-likeness (QED) is 0.623. The summed E-state index contributed by atoms with van der Waals surface area (Å²) in [5.41, 5.74) is 8.04. The van der Waals surface area contributed by atoms with Crippen molar-refractivity contribution in [2.24, 2.45) is 11.7 Å². The van der Waals surface area contributed by atoms with Gasteiger partial charge in [0, 0.05) is 22.2 Å². The van der Waals surface area contributed by atoms with Crippen molar-refractivity contribution in [2.45, 2.75) is 50.0 Å². The molecule has 0 aliphatic heterocycles. The monoisotopic (exact) mass is 308 g/mol. The Balaban J connectivity index is 2.18. The van der Waals surface area contributed by atoms with Crippen molar-refractivity contribution in [1.82, 2.24) is 0 Å². The van der Waals surface area contributed by atoms with Crippen LogP contribution < -0.4 is 11.1 Å². The Bertz CT molecular complexity index is 474. The molecule has 0 aromatic heterocycles. The van der Waals surface area contributed by atoms with Crippen LogP contribution in [0.1, 0.15) is 44.6 Å². The van der Waals surface area contributed by atoms with E-state index < -0.39 is 0 Å². The lowest BCUT2D eigenvalue weighted by molar-refractivity contribution is 0.327. The second-order valence-corrected chi connectivity index (χ2v) is 6.82. The zero-order valence-electron chi connectivity index (χ0n) is 12.3. The fraction of sp³-hybridized carbons (Fsp3) is 0.562. The Morgan fingerprint density at radius 3 is 2.90 bits per heavy atom. The third-order valence-corrected chi connectivity index (χ3v) is 5.20. The van der Waals surface area contributed by atoms with Crippen LogP contribution in [0, 0.1) is 5.92 Å².